The highest BCUT2D eigenvalue weighted by atomic mass is 35.5. The molecule has 1 fully saturated rings. The second-order valence-electron chi connectivity index (χ2n) is 6.15. The first-order chi connectivity index (χ1) is 12.0. The molecule has 0 bridgehead atoms. The lowest BCUT2D eigenvalue weighted by Crippen LogP contribution is -2.34. The number of ether oxygens (including phenoxy) is 1. The van der Waals surface area contributed by atoms with E-state index in [-0.39, 0.29) is 12.5 Å². The van der Waals surface area contributed by atoms with Crippen LogP contribution in [0.25, 0.3) is 0 Å². The third-order valence-corrected chi connectivity index (χ3v) is 4.63. The number of carbonyl (C=O) groups excluding carboxylic acids is 1. The smallest absolute Gasteiger partial charge is 0.257 e. The van der Waals surface area contributed by atoms with Gasteiger partial charge in [0.15, 0.2) is 0 Å². The highest BCUT2D eigenvalue weighted by Gasteiger charge is 2.40. The van der Waals surface area contributed by atoms with Gasteiger partial charge in [0, 0.05) is 18.1 Å². The molecule has 1 unspecified atom stereocenters. The number of aliphatic hydroxyl groups is 1. The summed E-state index contributed by atoms with van der Waals surface area (Å²) in [4.78, 5) is 14.6. The summed E-state index contributed by atoms with van der Waals surface area (Å²) in [5.41, 5.74) is 5.64. The number of benzene rings is 2. The lowest BCUT2D eigenvalue weighted by Gasteiger charge is -2.24. The molecule has 0 aliphatic carbocycles. The minimum atomic E-state index is -1.03. The number of amides is 1. The molecule has 5 nitrogen and oxygen atoms in total. The Labute approximate surface area is 152 Å². The molecule has 1 atom stereocenters. The van der Waals surface area contributed by atoms with E-state index in [4.69, 9.17) is 22.1 Å². The van der Waals surface area contributed by atoms with E-state index in [9.17, 15) is 9.90 Å². The molecule has 6 heteroatoms. The van der Waals surface area contributed by atoms with Crippen molar-refractivity contribution in [3.05, 3.63) is 64.7 Å². The highest BCUT2D eigenvalue weighted by molar-refractivity contribution is 6.31. The Kier molecular flexibility index (Phi) is 5.27. The molecular formula is C19H21ClN2O3. The summed E-state index contributed by atoms with van der Waals surface area (Å²) < 4.78 is 5.56. The van der Waals surface area contributed by atoms with Crippen molar-refractivity contribution in [1.82, 2.24) is 4.90 Å². The first-order valence-electron chi connectivity index (χ1n) is 8.23. The fourth-order valence-electron chi connectivity index (χ4n) is 3.09. The van der Waals surface area contributed by atoms with E-state index in [2.05, 4.69) is 0 Å². The van der Waals surface area contributed by atoms with Crippen LogP contribution in [0.5, 0.6) is 5.75 Å². The normalized spacial score (nSPS) is 19.9. The van der Waals surface area contributed by atoms with Crippen LogP contribution in [-0.2, 0) is 5.60 Å². The maximum Gasteiger partial charge on any atom is 0.257 e. The predicted octanol–water partition coefficient (Wildman–Crippen LogP) is 2.41. The monoisotopic (exact) mass is 360 g/mol. The SMILES string of the molecule is NCCOc1ccc(Cl)cc1C(=O)N1CCC(O)(c2ccccc2)C1. The lowest BCUT2D eigenvalue weighted by molar-refractivity contribution is 0.0416. The van der Waals surface area contributed by atoms with Gasteiger partial charge >= 0.3 is 0 Å². The molecule has 0 spiro atoms. The zero-order valence-corrected chi connectivity index (χ0v) is 14.6. The van der Waals surface area contributed by atoms with Crippen molar-refractivity contribution < 1.29 is 14.6 Å². The van der Waals surface area contributed by atoms with Gasteiger partial charge in [-0.15, -0.1) is 0 Å². The molecule has 132 valence electrons. The molecule has 1 heterocycles. The Morgan fingerprint density at radius 2 is 2.04 bits per heavy atom. The Morgan fingerprint density at radius 1 is 1.28 bits per heavy atom. The van der Waals surface area contributed by atoms with Gasteiger partial charge in [-0.05, 0) is 30.2 Å². The van der Waals surface area contributed by atoms with E-state index in [1.807, 2.05) is 30.3 Å². The third kappa shape index (κ3) is 3.79. The number of rotatable bonds is 5. The average molecular weight is 361 g/mol. The maximum atomic E-state index is 12.9. The van der Waals surface area contributed by atoms with Crippen molar-refractivity contribution in [2.45, 2.75) is 12.0 Å². The molecule has 1 amide bonds. The van der Waals surface area contributed by atoms with E-state index < -0.39 is 5.60 Å². The number of likely N-dealkylation sites (tertiary alicyclic amines) is 1. The van der Waals surface area contributed by atoms with Crippen molar-refractivity contribution in [3.63, 3.8) is 0 Å². The van der Waals surface area contributed by atoms with Gasteiger partial charge in [-0.25, -0.2) is 0 Å². The third-order valence-electron chi connectivity index (χ3n) is 4.39. The van der Waals surface area contributed by atoms with Crippen molar-refractivity contribution in [3.8, 4) is 5.75 Å². The molecule has 1 aliphatic heterocycles. The first kappa shape index (κ1) is 17.7. The molecule has 1 saturated heterocycles. The van der Waals surface area contributed by atoms with Crippen LogP contribution < -0.4 is 10.5 Å². The summed E-state index contributed by atoms with van der Waals surface area (Å²) in [6.45, 7) is 1.37. The summed E-state index contributed by atoms with van der Waals surface area (Å²) in [6.07, 6.45) is 0.488. The summed E-state index contributed by atoms with van der Waals surface area (Å²) in [6, 6.07) is 14.4. The molecule has 0 radical (unpaired) electrons. The fraction of sp³-hybridized carbons (Fsp3) is 0.316. The molecule has 1 aliphatic rings. The Balaban J connectivity index is 1.82. The molecule has 3 N–H and O–H groups in total. The molecule has 2 aromatic carbocycles. The highest BCUT2D eigenvalue weighted by Crippen LogP contribution is 2.34. The van der Waals surface area contributed by atoms with Crippen LogP contribution in [0.3, 0.4) is 0 Å². The van der Waals surface area contributed by atoms with Crippen LogP contribution in [0.15, 0.2) is 48.5 Å². The van der Waals surface area contributed by atoms with Crippen LogP contribution >= 0.6 is 11.6 Å². The number of hydrogen-bond donors (Lipinski definition) is 2. The number of carbonyl (C=O) groups is 1. The van der Waals surface area contributed by atoms with Gasteiger partial charge in [0.25, 0.3) is 5.91 Å². The van der Waals surface area contributed by atoms with Crippen LogP contribution in [0.2, 0.25) is 5.02 Å². The van der Waals surface area contributed by atoms with Crippen molar-refractivity contribution >= 4 is 17.5 Å². The van der Waals surface area contributed by atoms with Gasteiger partial charge < -0.3 is 20.5 Å². The Hall–Kier alpha value is -2.08. The standard InChI is InChI=1S/C19H21ClN2O3/c20-15-6-7-17(25-11-9-21)16(12-15)18(23)22-10-8-19(24,13-22)14-4-2-1-3-5-14/h1-7,12,24H,8-11,13,21H2. The summed E-state index contributed by atoms with van der Waals surface area (Å²) in [7, 11) is 0. The second-order valence-corrected chi connectivity index (χ2v) is 6.59. The summed E-state index contributed by atoms with van der Waals surface area (Å²) >= 11 is 6.05. The summed E-state index contributed by atoms with van der Waals surface area (Å²) in [5, 5.41) is 11.4. The van der Waals surface area contributed by atoms with Crippen LogP contribution in [0.1, 0.15) is 22.3 Å². The Morgan fingerprint density at radius 3 is 2.76 bits per heavy atom. The van der Waals surface area contributed by atoms with E-state index >= 15 is 0 Å². The minimum absolute atomic E-state index is 0.207. The van der Waals surface area contributed by atoms with Crippen LogP contribution in [0.4, 0.5) is 0 Å². The van der Waals surface area contributed by atoms with Gasteiger partial charge in [-0.2, -0.15) is 0 Å². The zero-order chi connectivity index (χ0) is 17.9. The van der Waals surface area contributed by atoms with Gasteiger partial charge in [0.05, 0.1) is 12.1 Å². The first-order valence-corrected chi connectivity index (χ1v) is 8.61. The zero-order valence-electron chi connectivity index (χ0n) is 13.8. The molecule has 2 aromatic rings. The van der Waals surface area contributed by atoms with E-state index in [0.717, 1.165) is 5.56 Å². The van der Waals surface area contributed by atoms with Crippen LogP contribution in [0, 0.1) is 0 Å². The molecule has 0 saturated carbocycles. The minimum Gasteiger partial charge on any atom is -0.491 e. The molecule has 3 rings (SSSR count). The van der Waals surface area contributed by atoms with E-state index in [1.165, 1.54) is 0 Å². The van der Waals surface area contributed by atoms with Crippen molar-refractivity contribution in [2.75, 3.05) is 26.2 Å². The van der Waals surface area contributed by atoms with Crippen LogP contribution in [-0.4, -0.2) is 42.2 Å². The van der Waals surface area contributed by atoms with Gasteiger partial charge in [-0.1, -0.05) is 41.9 Å². The van der Waals surface area contributed by atoms with Crippen molar-refractivity contribution in [2.24, 2.45) is 5.73 Å². The summed E-state index contributed by atoms with van der Waals surface area (Å²) in [5.74, 6) is 0.247. The van der Waals surface area contributed by atoms with Crippen molar-refractivity contribution in [1.29, 1.82) is 0 Å². The quantitative estimate of drug-likeness (QED) is 0.858. The van der Waals surface area contributed by atoms with Gasteiger partial charge in [0.1, 0.15) is 18.0 Å². The van der Waals surface area contributed by atoms with Gasteiger partial charge in [-0.3, -0.25) is 4.79 Å². The number of halogens is 1. The number of nitrogens with zero attached hydrogens (tertiary/aromatic N) is 1. The fourth-order valence-corrected chi connectivity index (χ4v) is 3.26. The lowest BCUT2D eigenvalue weighted by atomic mass is 9.93. The second kappa shape index (κ2) is 7.44. The molecular weight excluding hydrogens is 340 g/mol. The van der Waals surface area contributed by atoms with E-state index in [0.29, 0.717) is 42.5 Å². The number of β-amino-alcohol motifs (C(OH)–C–C–N with tert-alkyl or cyclic N) is 1. The Bertz CT molecular complexity index is 754. The van der Waals surface area contributed by atoms with E-state index in [1.54, 1.807) is 23.1 Å². The topological polar surface area (TPSA) is 75.8 Å². The number of nitrogens with two attached hydrogens (primary N) is 1. The maximum absolute atomic E-state index is 12.9. The average Bonchev–Trinajstić information content (AvgIpc) is 3.04. The van der Waals surface area contributed by atoms with Gasteiger partial charge in [0.2, 0.25) is 0 Å². The largest absolute Gasteiger partial charge is 0.491 e. The predicted molar refractivity (Wildman–Crippen MR) is 96.9 cm³/mol. The molecule has 25 heavy (non-hydrogen) atoms. The molecule has 0 aromatic heterocycles. The number of hydrogen-bond acceptors (Lipinski definition) is 4.